The van der Waals surface area contributed by atoms with E-state index < -0.39 is 0 Å². The minimum absolute atomic E-state index is 0.108. The Labute approximate surface area is 62.7 Å². The fourth-order valence-corrected chi connectivity index (χ4v) is 0.970. The fourth-order valence-electron chi connectivity index (χ4n) is 0.970. The van der Waals surface area contributed by atoms with Crippen LogP contribution in [0.5, 0.6) is 0 Å². The van der Waals surface area contributed by atoms with Crippen LogP contribution >= 0.6 is 0 Å². The first-order valence-corrected chi connectivity index (χ1v) is 3.39. The van der Waals surface area contributed by atoms with Crippen molar-refractivity contribution >= 4 is 5.65 Å². The van der Waals surface area contributed by atoms with E-state index in [0.29, 0.717) is 6.42 Å². The Morgan fingerprint density at radius 1 is 1.64 bits per heavy atom. The average Bonchev–Trinajstić information content (AvgIpc) is 2.46. The molecule has 0 bridgehead atoms. The fraction of sp³-hybridized carbons (Fsp3) is 0.333. The average molecular weight is 152 g/mol. The lowest BCUT2D eigenvalue weighted by Gasteiger charge is -1.86. The van der Waals surface area contributed by atoms with Gasteiger partial charge in [0.05, 0.1) is 12.8 Å². The van der Waals surface area contributed by atoms with Crippen LogP contribution in [0.25, 0.3) is 5.65 Å². The summed E-state index contributed by atoms with van der Waals surface area (Å²) >= 11 is 0. The van der Waals surface area contributed by atoms with E-state index in [1.54, 1.807) is 16.9 Å². The molecule has 0 saturated heterocycles. The summed E-state index contributed by atoms with van der Waals surface area (Å²) in [7, 11) is 0. The first kappa shape index (κ1) is 6.36. The van der Waals surface area contributed by atoms with Gasteiger partial charge in [-0.1, -0.05) is 0 Å². The number of aliphatic hydroxyl groups excluding tert-OH is 1. The first-order chi connectivity index (χ1) is 5.40. The van der Waals surface area contributed by atoms with Crippen molar-refractivity contribution in [2.24, 2.45) is 0 Å². The van der Waals surface area contributed by atoms with Crippen molar-refractivity contribution < 1.29 is 5.11 Å². The molecule has 2 heterocycles. The molecule has 0 amide bonds. The molecular formula is C6H8N4O. The van der Waals surface area contributed by atoms with Crippen molar-refractivity contribution in [2.75, 3.05) is 6.61 Å². The third-order valence-electron chi connectivity index (χ3n) is 1.46. The molecule has 0 aliphatic rings. The van der Waals surface area contributed by atoms with Gasteiger partial charge < -0.3 is 5.11 Å². The maximum atomic E-state index is 8.59. The molecule has 0 aliphatic heterocycles. The molecule has 5 heteroatoms. The normalized spacial score (nSPS) is 11.0. The number of nitrogens with one attached hydrogen (secondary N) is 1. The summed E-state index contributed by atoms with van der Waals surface area (Å²) in [4.78, 5) is 4.15. The molecule has 0 fully saturated rings. The highest BCUT2D eigenvalue weighted by Crippen LogP contribution is 1.98. The molecule has 0 aliphatic carbocycles. The predicted molar refractivity (Wildman–Crippen MR) is 38.1 cm³/mol. The van der Waals surface area contributed by atoms with E-state index in [0.717, 1.165) is 11.5 Å². The number of aromatic nitrogens is 4. The number of rotatable bonds is 2. The van der Waals surface area contributed by atoms with Gasteiger partial charge in [-0.05, 0) is 0 Å². The van der Waals surface area contributed by atoms with Crippen LogP contribution in [0.4, 0.5) is 0 Å². The van der Waals surface area contributed by atoms with Crippen molar-refractivity contribution in [1.82, 2.24) is 19.8 Å². The van der Waals surface area contributed by atoms with Gasteiger partial charge in [0.2, 0.25) is 0 Å². The van der Waals surface area contributed by atoms with E-state index in [-0.39, 0.29) is 6.61 Å². The van der Waals surface area contributed by atoms with E-state index >= 15 is 0 Å². The summed E-state index contributed by atoms with van der Waals surface area (Å²) in [5, 5.41) is 15.4. The second-order valence-corrected chi connectivity index (χ2v) is 2.25. The van der Waals surface area contributed by atoms with Crippen LogP contribution in [-0.2, 0) is 6.42 Å². The summed E-state index contributed by atoms with van der Waals surface area (Å²) in [6.07, 6.45) is 2.21. The number of fused-ring (bicyclic) bond motifs is 1. The van der Waals surface area contributed by atoms with Gasteiger partial charge in [-0.3, -0.25) is 5.10 Å². The van der Waals surface area contributed by atoms with Gasteiger partial charge in [-0.2, -0.15) is 9.73 Å². The maximum absolute atomic E-state index is 8.59. The summed E-state index contributed by atoms with van der Waals surface area (Å²) in [5.74, 6) is 0.760. The number of aromatic amines is 1. The highest BCUT2D eigenvalue weighted by molar-refractivity contribution is 5.34. The lowest BCUT2D eigenvalue weighted by molar-refractivity contribution is 0.296. The Balaban J connectivity index is 2.42. The van der Waals surface area contributed by atoms with Gasteiger partial charge in [0, 0.05) is 12.5 Å². The van der Waals surface area contributed by atoms with E-state index in [1.807, 2.05) is 0 Å². The zero-order valence-corrected chi connectivity index (χ0v) is 5.86. The van der Waals surface area contributed by atoms with E-state index in [1.165, 1.54) is 0 Å². The topological polar surface area (TPSA) is 66.2 Å². The molecule has 5 nitrogen and oxygen atoms in total. The molecule has 2 N–H and O–H groups in total. The molecule has 0 aromatic carbocycles. The molecule has 0 unspecified atom stereocenters. The molecular weight excluding hydrogens is 144 g/mol. The third-order valence-corrected chi connectivity index (χ3v) is 1.46. The SMILES string of the molecule is OCCc1nc2ccnn2[nH]1. The van der Waals surface area contributed by atoms with Crippen molar-refractivity contribution in [2.45, 2.75) is 6.42 Å². The van der Waals surface area contributed by atoms with Gasteiger partial charge in [-0.15, -0.1) is 0 Å². The molecule has 0 saturated carbocycles. The number of hydrogen-bond acceptors (Lipinski definition) is 3. The maximum Gasteiger partial charge on any atom is 0.175 e. The summed E-state index contributed by atoms with van der Waals surface area (Å²) in [6, 6.07) is 1.80. The molecule has 58 valence electrons. The molecule has 11 heavy (non-hydrogen) atoms. The quantitative estimate of drug-likeness (QED) is 0.615. The zero-order chi connectivity index (χ0) is 7.68. The summed E-state index contributed by atoms with van der Waals surface area (Å²) < 4.78 is 1.57. The standard InChI is InChI=1S/C6H8N4O/c11-4-2-5-8-6-1-3-7-10(6)9-5/h1,3,11H,2,4H2,(H,8,9). The van der Waals surface area contributed by atoms with Crippen LogP contribution in [0.2, 0.25) is 0 Å². The van der Waals surface area contributed by atoms with Gasteiger partial charge in [0.1, 0.15) is 5.82 Å². The number of nitrogens with zero attached hydrogens (tertiary/aromatic N) is 3. The van der Waals surface area contributed by atoms with E-state index in [9.17, 15) is 0 Å². The predicted octanol–water partition coefficient (Wildman–Crippen LogP) is -0.408. The second-order valence-electron chi connectivity index (χ2n) is 2.25. The molecule has 2 aromatic rings. The number of hydrogen-bond donors (Lipinski definition) is 2. The Morgan fingerprint density at radius 3 is 3.27 bits per heavy atom. The smallest absolute Gasteiger partial charge is 0.175 e. The Hall–Kier alpha value is -1.36. The van der Waals surface area contributed by atoms with Gasteiger partial charge >= 0.3 is 0 Å². The molecule has 2 aromatic heterocycles. The van der Waals surface area contributed by atoms with Crippen molar-refractivity contribution in [3.05, 3.63) is 18.1 Å². The Kier molecular flexibility index (Phi) is 1.36. The largest absolute Gasteiger partial charge is 0.396 e. The molecule has 0 atom stereocenters. The Bertz CT molecular complexity index is 321. The monoisotopic (exact) mass is 152 g/mol. The number of aliphatic hydroxyl groups is 1. The van der Waals surface area contributed by atoms with E-state index in [2.05, 4.69) is 15.2 Å². The molecule has 0 spiro atoms. The Morgan fingerprint density at radius 2 is 2.55 bits per heavy atom. The lowest BCUT2D eigenvalue weighted by Crippen LogP contribution is -1.94. The highest BCUT2D eigenvalue weighted by Gasteiger charge is 2.00. The van der Waals surface area contributed by atoms with Crippen LogP contribution in [0, 0.1) is 0 Å². The highest BCUT2D eigenvalue weighted by atomic mass is 16.3. The van der Waals surface area contributed by atoms with Gasteiger partial charge in [-0.25, -0.2) is 4.98 Å². The van der Waals surface area contributed by atoms with E-state index in [4.69, 9.17) is 5.11 Å². The molecule has 0 radical (unpaired) electrons. The zero-order valence-electron chi connectivity index (χ0n) is 5.86. The van der Waals surface area contributed by atoms with Crippen LogP contribution in [0.3, 0.4) is 0 Å². The number of H-pyrrole nitrogens is 1. The van der Waals surface area contributed by atoms with Crippen LogP contribution in [0.1, 0.15) is 5.82 Å². The first-order valence-electron chi connectivity index (χ1n) is 3.39. The minimum atomic E-state index is 0.108. The second kappa shape index (κ2) is 2.35. The van der Waals surface area contributed by atoms with Gasteiger partial charge in [0.15, 0.2) is 5.65 Å². The van der Waals surface area contributed by atoms with Crippen molar-refractivity contribution in [1.29, 1.82) is 0 Å². The van der Waals surface area contributed by atoms with Gasteiger partial charge in [0.25, 0.3) is 0 Å². The molecule has 2 rings (SSSR count). The van der Waals surface area contributed by atoms with Crippen molar-refractivity contribution in [3.63, 3.8) is 0 Å². The summed E-state index contributed by atoms with van der Waals surface area (Å²) in [5.41, 5.74) is 0.786. The van der Waals surface area contributed by atoms with Crippen LogP contribution in [-0.4, -0.2) is 31.5 Å². The lowest BCUT2D eigenvalue weighted by atomic mass is 10.4. The van der Waals surface area contributed by atoms with Crippen LogP contribution < -0.4 is 0 Å². The van der Waals surface area contributed by atoms with Crippen LogP contribution in [0.15, 0.2) is 12.3 Å². The van der Waals surface area contributed by atoms with Crippen molar-refractivity contribution in [3.8, 4) is 0 Å². The third kappa shape index (κ3) is 0.988. The summed E-state index contributed by atoms with van der Waals surface area (Å²) in [6.45, 7) is 0.108. The minimum Gasteiger partial charge on any atom is -0.396 e.